The van der Waals surface area contributed by atoms with Crippen LogP contribution in [0.5, 0.6) is 0 Å². The molecule has 0 radical (unpaired) electrons. The van der Waals surface area contributed by atoms with E-state index in [2.05, 4.69) is 5.32 Å². The van der Waals surface area contributed by atoms with Crippen LogP contribution in [-0.4, -0.2) is 62.6 Å². The number of aliphatic hydroxyl groups excluding tert-OH is 5. The van der Waals surface area contributed by atoms with Gasteiger partial charge in [-0.25, -0.2) is 0 Å². The van der Waals surface area contributed by atoms with Crippen molar-refractivity contribution >= 4 is 0 Å². The number of nitriles is 1. The Balaban J connectivity index is 2.60. The van der Waals surface area contributed by atoms with Crippen LogP contribution >= 0.6 is 0 Å². The van der Waals surface area contributed by atoms with Gasteiger partial charge in [-0.1, -0.05) is 30.3 Å². The number of aliphatic hydroxyl groups is 5. The zero-order chi connectivity index (χ0) is 15.8. The molecule has 5 atom stereocenters. The van der Waals surface area contributed by atoms with Crippen molar-refractivity contribution in [3.63, 3.8) is 0 Å². The molecule has 116 valence electrons. The van der Waals surface area contributed by atoms with Gasteiger partial charge in [-0.05, 0) is 5.56 Å². The molecule has 0 fully saturated rings. The van der Waals surface area contributed by atoms with E-state index in [1.54, 1.807) is 6.07 Å². The maximum absolute atomic E-state index is 9.88. The zero-order valence-electron chi connectivity index (χ0n) is 11.4. The molecular weight excluding hydrogens is 276 g/mol. The highest BCUT2D eigenvalue weighted by Crippen LogP contribution is 2.09. The minimum Gasteiger partial charge on any atom is -0.394 e. The lowest BCUT2D eigenvalue weighted by molar-refractivity contribution is -0.118. The number of benzene rings is 1. The molecule has 1 aromatic rings. The van der Waals surface area contributed by atoms with E-state index in [9.17, 15) is 20.4 Å². The topological polar surface area (TPSA) is 137 Å². The van der Waals surface area contributed by atoms with Crippen molar-refractivity contribution < 1.29 is 25.5 Å². The first-order valence-corrected chi connectivity index (χ1v) is 6.51. The standard InChI is InChI=1S/C14H20N2O5/c15-6-10(16-7-9-4-2-1-3-5-9)12(19)14(21)13(20)11(18)8-17/h1-5,10-14,16-21H,7-8H2. The van der Waals surface area contributed by atoms with Crippen molar-refractivity contribution in [2.24, 2.45) is 0 Å². The third kappa shape index (κ3) is 5.06. The lowest BCUT2D eigenvalue weighted by atomic mass is 9.98. The summed E-state index contributed by atoms with van der Waals surface area (Å²) in [5.74, 6) is 0. The second-order valence-corrected chi connectivity index (χ2v) is 4.69. The smallest absolute Gasteiger partial charge is 0.124 e. The average molecular weight is 296 g/mol. The summed E-state index contributed by atoms with van der Waals surface area (Å²) in [7, 11) is 0. The van der Waals surface area contributed by atoms with Crippen LogP contribution < -0.4 is 5.32 Å². The minimum absolute atomic E-state index is 0.293. The fraction of sp³-hybridized carbons (Fsp3) is 0.500. The van der Waals surface area contributed by atoms with Crippen LogP contribution in [0.4, 0.5) is 0 Å². The van der Waals surface area contributed by atoms with Gasteiger partial charge in [0.25, 0.3) is 0 Å². The number of hydrogen-bond acceptors (Lipinski definition) is 7. The lowest BCUT2D eigenvalue weighted by Gasteiger charge is -2.28. The Morgan fingerprint density at radius 3 is 2.14 bits per heavy atom. The summed E-state index contributed by atoms with van der Waals surface area (Å²) in [6.07, 6.45) is -6.72. The molecule has 0 bridgehead atoms. The predicted molar refractivity (Wildman–Crippen MR) is 73.8 cm³/mol. The van der Waals surface area contributed by atoms with Crippen molar-refractivity contribution in [3.8, 4) is 6.07 Å². The van der Waals surface area contributed by atoms with Crippen LogP contribution in [0.3, 0.4) is 0 Å². The summed E-state index contributed by atoms with van der Waals surface area (Å²) >= 11 is 0. The summed E-state index contributed by atoms with van der Waals surface area (Å²) in [5, 5.41) is 58.8. The van der Waals surface area contributed by atoms with Gasteiger partial charge in [0.15, 0.2) is 0 Å². The first-order valence-electron chi connectivity index (χ1n) is 6.51. The molecule has 0 aliphatic heterocycles. The molecule has 1 rings (SSSR count). The van der Waals surface area contributed by atoms with Gasteiger partial charge in [-0.3, -0.25) is 5.32 Å². The molecule has 0 aliphatic carbocycles. The summed E-state index contributed by atoms with van der Waals surface area (Å²) in [6.45, 7) is -0.471. The molecule has 0 heterocycles. The molecule has 7 heteroatoms. The molecule has 0 aromatic heterocycles. The van der Waals surface area contributed by atoms with E-state index < -0.39 is 37.1 Å². The molecule has 0 aliphatic rings. The molecule has 0 saturated carbocycles. The van der Waals surface area contributed by atoms with Crippen molar-refractivity contribution in [2.45, 2.75) is 37.0 Å². The van der Waals surface area contributed by atoms with Gasteiger partial charge in [-0.15, -0.1) is 0 Å². The Labute approximate surface area is 122 Å². The van der Waals surface area contributed by atoms with Gasteiger partial charge >= 0.3 is 0 Å². The Morgan fingerprint density at radius 1 is 1.00 bits per heavy atom. The van der Waals surface area contributed by atoms with Crippen LogP contribution in [0, 0.1) is 11.3 Å². The zero-order valence-corrected chi connectivity index (χ0v) is 11.4. The van der Waals surface area contributed by atoms with Gasteiger partial charge in [0.05, 0.1) is 12.7 Å². The van der Waals surface area contributed by atoms with Crippen LogP contribution in [0.2, 0.25) is 0 Å². The average Bonchev–Trinajstić information content (AvgIpc) is 2.53. The van der Waals surface area contributed by atoms with Gasteiger partial charge in [0.1, 0.15) is 30.5 Å². The molecule has 21 heavy (non-hydrogen) atoms. The van der Waals surface area contributed by atoms with Crippen LogP contribution in [0.15, 0.2) is 30.3 Å². The molecule has 0 amide bonds. The highest BCUT2D eigenvalue weighted by atomic mass is 16.4. The minimum atomic E-state index is -1.76. The van der Waals surface area contributed by atoms with Crippen molar-refractivity contribution in [1.29, 1.82) is 5.26 Å². The van der Waals surface area contributed by atoms with E-state index in [-0.39, 0.29) is 0 Å². The summed E-state index contributed by atoms with van der Waals surface area (Å²) in [6, 6.07) is 9.80. The van der Waals surface area contributed by atoms with Crippen molar-refractivity contribution in [3.05, 3.63) is 35.9 Å². The number of rotatable bonds is 8. The molecule has 5 unspecified atom stereocenters. The normalized spacial score (nSPS) is 18.3. The predicted octanol–water partition coefficient (Wildman–Crippen LogP) is -1.90. The monoisotopic (exact) mass is 296 g/mol. The molecule has 1 aromatic carbocycles. The van der Waals surface area contributed by atoms with E-state index in [1.165, 1.54) is 0 Å². The Hall–Kier alpha value is -1.53. The van der Waals surface area contributed by atoms with Crippen LogP contribution in [-0.2, 0) is 6.54 Å². The Morgan fingerprint density at radius 2 is 1.62 bits per heavy atom. The quantitative estimate of drug-likeness (QED) is 0.330. The second-order valence-electron chi connectivity index (χ2n) is 4.69. The SMILES string of the molecule is N#CC(NCc1ccccc1)C(O)C(O)C(O)C(O)CO. The van der Waals surface area contributed by atoms with Gasteiger partial charge in [0.2, 0.25) is 0 Å². The summed E-state index contributed by atoms with van der Waals surface area (Å²) in [4.78, 5) is 0. The van der Waals surface area contributed by atoms with Gasteiger partial charge < -0.3 is 25.5 Å². The molecule has 0 saturated heterocycles. The Bertz CT molecular complexity index is 450. The van der Waals surface area contributed by atoms with Gasteiger partial charge in [0, 0.05) is 6.54 Å². The number of hydrogen-bond donors (Lipinski definition) is 6. The van der Waals surface area contributed by atoms with Crippen LogP contribution in [0.25, 0.3) is 0 Å². The molecule has 0 spiro atoms. The van der Waals surface area contributed by atoms with E-state index in [1.807, 2.05) is 30.3 Å². The fourth-order valence-corrected chi connectivity index (χ4v) is 1.80. The molecular formula is C14H20N2O5. The van der Waals surface area contributed by atoms with E-state index in [0.717, 1.165) is 5.56 Å². The molecule has 6 N–H and O–H groups in total. The largest absolute Gasteiger partial charge is 0.394 e. The first-order chi connectivity index (χ1) is 10.0. The first kappa shape index (κ1) is 17.5. The number of nitrogens with zero attached hydrogens (tertiary/aromatic N) is 1. The second kappa shape index (κ2) is 8.69. The number of nitrogens with one attached hydrogen (secondary N) is 1. The van der Waals surface area contributed by atoms with E-state index in [4.69, 9.17) is 10.4 Å². The maximum atomic E-state index is 9.88. The van der Waals surface area contributed by atoms with E-state index >= 15 is 0 Å². The van der Waals surface area contributed by atoms with E-state index in [0.29, 0.717) is 6.54 Å². The molecule has 7 nitrogen and oxygen atoms in total. The summed E-state index contributed by atoms with van der Waals surface area (Å²) in [5.41, 5.74) is 0.885. The van der Waals surface area contributed by atoms with Crippen molar-refractivity contribution in [2.75, 3.05) is 6.61 Å². The third-order valence-corrected chi connectivity index (χ3v) is 3.13. The highest BCUT2D eigenvalue weighted by Gasteiger charge is 2.34. The maximum Gasteiger partial charge on any atom is 0.124 e. The van der Waals surface area contributed by atoms with Gasteiger partial charge in [-0.2, -0.15) is 5.26 Å². The summed E-state index contributed by atoms with van der Waals surface area (Å²) < 4.78 is 0. The van der Waals surface area contributed by atoms with Crippen LogP contribution in [0.1, 0.15) is 5.56 Å². The lowest BCUT2D eigenvalue weighted by Crippen LogP contribution is -2.53. The third-order valence-electron chi connectivity index (χ3n) is 3.13. The Kier molecular flexibility index (Phi) is 7.25. The fourth-order valence-electron chi connectivity index (χ4n) is 1.80. The van der Waals surface area contributed by atoms with Crippen molar-refractivity contribution in [1.82, 2.24) is 5.32 Å². The highest BCUT2D eigenvalue weighted by molar-refractivity contribution is 5.15.